The first-order chi connectivity index (χ1) is 8.09. The molecule has 1 unspecified atom stereocenters. The second-order valence-electron chi connectivity index (χ2n) is 3.61. The highest BCUT2D eigenvalue weighted by molar-refractivity contribution is 5.06. The molecule has 1 N–H and O–H groups in total. The van der Waals surface area contributed by atoms with E-state index in [9.17, 15) is 26.3 Å². The number of rotatable bonds is 3. The Hall–Kier alpha value is -1.32. The zero-order chi connectivity index (χ0) is 14.1. The molecule has 0 aliphatic rings. The van der Waals surface area contributed by atoms with Gasteiger partial charge in [-0.3, -0.25) is 4.68 Å². The molecule has 1 aromatic rings. The van der Waals surface area contributed by atoms with Crippen LogP contribution in [0.3, 0.4) is 0 Å². The van der Waals surface area contributed by atoms with Gasteiger partial charge in [-0.15, -0.1) is 5.10 Å². The van der Waals surface area contributed by atoms with Crippen molar-refractivity contribution >= 4 is 0 Å². The van der Waals surface area contributed by atoms with Gasteiger partial charge in [-0.25, -0.2) is 0 Å². The van der Waals surface area contributed by atoms with Crippen LogP contribution < -0.4 is 5.32 Å². The Kier molecular flexibility index (Phi) is 3.89. The molecule has 0 aliphatic heterocycles. The van der Waals surface area contributed by atoms with Gasteiger partial charge in [-0.1, -0.05) is 5.21 Å². The van der Waals surface area contributed by atoms with Crippen LogP contribution in [-0.2, 0) is 7.05 Å². The van der Waals surface area contributed by atoms with Crippen LogP contribution in [0.25, 0.3) is 0 Å². The number of aromatic nitrogens is 3. The maximum atomic E-state index is 12.6. The van der Waals surface area contributed by atoms with E-state index in [4.69, 9.17) is 0 Å². The Morgan fingerprint density at radius 1 is 1.17 bits per heavy atom. The lowest BCUT2D eigenvalue weighted by Gasteiger charge is -2.30. The molecule has 0 saturated carbocycles. The number of aryl methyl sites for hydroxylation is 1. The van der Waals surface area contributed by atoms with Crippen molar-refractivity contribution in [1.82, 2.24) is 20.3 Å². The number of nitrogens with one attached hydrogen (secondary N) is 1. The molecule has 1 aromatic heterocycles. The number of alkyl halides is 6. The van der Waals surface area contributed by atoms with Gasteiger partial charge in [-0.05, 0) is 7.05 Å². The monoisotopic (exact) mass is 276 g/mol. The van der Waals surface area contributed by atoms with Crippen LogP contribution in [0.2, 0.25) is 0 Å². The molecule has 4 nitrogen and oxygen atoms in total. The third kappa shape index (κ3) is 2.92. The molecule has 0 aliphatic carbocycles. The summed E-state index contributed by atoms with van der Waals surface area (Å²) in [5.74, 6) is -3.52. The van der Waals surface area contributed by atoms with E-state index in [1.54, 1.807) is 0 Å². The van der Waals surface area contributed by atoms with Crippen LogP contribution in [0, 0.1) is 5.92 Å². The highest BCUT2D eigenvalue weighted by Crippen LogP contribution is 2.45. The van der Waals surface area contributed by atoms with Crippen LogP contribution >= 0.6 is 0 Å². The molecular formula is C8H10F6N4. The minimum atomic E-state index is -5.42. The van der Waals surface area contributed by atoms with Crippen molar-refractivity contribution in [2.45, 2.75) is 18.4 Å². The molecule has 0 bridgehead atoms. The van der Waals surface area contributed by atoms with E-state index in [0.717, 1.165) is 17.9 Å². The highest BCUT2D eigenvalue weighted by Gasteiger charge is 2.60. The maximum absolute atomic E-state index is 12.6. The maximum Gasteiger partial charge on any atom is 0.402 e. The Labute approximate surface area is 98.0 Å². The minimum absolute atomic E-state index is 0.294. The number of nitrogens with zero attached hydrogens (tertiary/aromatic N) is 3. The predicted octanol–water partition coefficient (Wildman–Crippen LogP) is 1.82. The summed E-state index contributed by atoms with van der Waals surface area (Å²) >= 11 is 0. The van der Waals surface area contributed by atoms with E-state index in [0.29, 0.717) is 0 Å². The Bertz CT molecular complexity index is 381. The highest BCUT2D eigenvalue weighted by atomic mass is 19.4. The predicted molar refractivity (Wildman–Crippen MR) is 48.4 cm³/mol. The number of hydrogen-bond donors (Lipinski definition) is 1. The van der Waals surface area contributed by atoms with Crippen molar-refractivity contribution < 1.29 is 26.3 Å². The standard InChI is InChI=1S/C8H10F6N4/c1-15-5(4-3-16-17-18(4)2)6(7(9,10)11)8(12,13)14/h3,5-6,15H,1-2H3. The molecule has 18 heavy (non-hydrogen) atoms. The molecule has 0 saturated heterocycles. The first kappa shape index (κ1) is 14.7. The molecule has 0 fully saturated rings. The summed E-state index contributed by atoms with van der Waals surface area (Å²) in [4.78, 5) is 0. The summed E-state index contributed by atoms with van der Waals surface area (Å²) < 4.78 is 76.3. The normalized spacial score (nSPS) is 15.2. The molecule has 1 rings (SSSR count). The second kappa shape index (κ2) is 4.75. The molecule has 0 aromatic carbocycles. The van der Waals surface area contributed by atoms with Crippen LogP contribution in [0.4, 0.5) is 26.3 Å². The van der Waals surface area contributed by atoms with Gasteiger partial charge in [0.2, 0.25) is 0 Å². The van der Waals surface area contributed by atoms with Gasteiger partial charge in [0.1, 0.15) is 0 Å². The SMILES string of the molecule is CNC(c1cnnn1C)C(C(F)(F)F)C(F)(F)F. The second-order valence-corrected chi connectivity index (χ2v) is 3.61. The van der Waals surface area contributed by atoms with Crippen molar-refractivity contribution in [2.24, 2.45) is 13.0 Å². The molecule has 1 heterocycles. The van der Waals surface area contributed by atoms with Gasteiger partial charge in [0.25, 0.3) is 0 Å². The third-order valence-corrected chi connectivity index (χ3v) is 2.42. The largest absolute Gasteiger partial charge is 0.402 e. The average Bonchev–Trinajstić information content (AvgIpc) is 2.56. The van der Waals surface area contributed by atoms with Crippen molar-refractivity contribution in [2.75, 3.05) is 7.05 Å². The van der Waals surface area contributed by atoms with E-state index in [2.05, 4.69) is 10.3 Å². The van der Waals surface area contributed by atoms with Gasteiger partial charge in [0, 0.05) is 7.05 Å². The van der Waals surface area contributed by atoms with E-state index in [1.165, 1.54) is 7.05 Å². The molecule has 0 radical (unpaired) electrons. The van der Waals surface area contributed by atoms with Crippen molar-refractivity contribution in [3.05, 3.63) is 11.9 Å². The third-order valence-electron chi connectivity index (χ3n) is 2.42. The van der Waals surface area contributed by atoms with Gasteiger partial charge in [-0.2, -0.15) is 26.3 Å². The first-order valence-corrected chi connectivity index (χ1v) is 4.74. The smallest absolute Gasteiger partial charge is 0.311 e. The van der Waals surface area contributed by atoms with Crippen molar-refractivity contribution in [3.63, 3.8) is 0 Å². The quantitative estimate of drug-likeness (QED) is 0.856. The van der Waals surface area contributed by atoms with Crippen LogP contribution in [0.1, 0.15) is 11.7 Å². The molecule has 0 amide bonds. The van der Waals surface area contributed by atoms with Crippen LogP contribution in [0.5, 0.6) is 0 Å². The lowest BCUT2D eigenvalue weighted by Crippen LogP contribution is -2.45. The summed E-state index contributed by atoms with van der Waals surface area (Å²) in [6.07, 6.45) is -9.97. The lowest BCUT2D eigenvalue weighted by atomic mass is 9.96. The van der Waals surface area contributed by atoms with E-state index < -0.39 is 24.3 Å². The van der Waals surface area contributed by atoms with E-state index in [1.807, 2.05) is 5.32 Å². The molecule has 104 valence electrons. The summed E-state index contributed by atoms with van der Waals surface area (Å²) in [5, 5.41) is 8.62. The van der Waals surface area contributed by atoms with Crippen molar-refractivity contribution in [3.8, 4) is 0 Å². The molecular weight excluding hydrogens is 266 g/mol. The summed E-state index contributed by atoms with van der Waals surface area (Å²) in [5.41, 5.74) is -0.294. The molecule has 0 spiro atoms. The fourth-order valence-electron chi connectivity index (χ4n) is 1.63. The summed E-state index contributed by atoms with van der Waals surface area (Å²) in [6.45, 7) is 0. The summed E-state index contributed by atoms with van der Waals surface area (Å²) in [7, 11) is 2.23. The zero-order valence-corrected chi connectivity index (χ0v) is 9.34. The van der Waals surface area contributed by atoms with Gasteiger partial charge >= 0.3 is 12.4 Å². The summed E-state index contributed by atoms with van der Waals surface area (Å²) in [6, 6.07) is -2.00. The fraction of sp³-hybridized carbons (Fsp3) is 0.750. The number of hydrogen-bond acceptors (Lipinski definition) is 3. The van der Waals surface area contributed by atoms with Crippen LogP contribution in [0.15, 0.2) is 6.20 Å². The molecule has 10 heteroatoms. The van der Waals surface area contributed by atoms with Gasteiger partial charge in [0.05, 0.1) is 17.9 Å². The fourth-order valence-corrected chi connectivity index (χ4v) is 1.63. The number of halogens is 6. The average molecular weight is 276 g/mol. The van der Waals surface area contributed by atoms with E-state index in [-0.39, 0.29) is 5.69 Å². The Balaban J connectivity index is 3.23. The first-order valence-electron chi connectivity index (χ1n) is 4.74. The lowest BCUT2D eigenvalue weighted by molar-refractivity contribution is -0.292. The Morgan fingerprint density at radius 3 is 1.94 bits per heavy atom. The minimum Gasteiger partial charge on any atom is -0.311 e. The topological polar surface area (TPSA) is 42.7 Å². The van der Waals surface area contributed by atoms with Crippen molar-refractivity contribution in [1.29, 1.82) is 0 Å². The Morgan fingerprint density at radius 2 is 1.67 bits per heavy atom. The van der Waals surface area contributed by atoms with Gasteiger partial charge in [0.15, 0.2) is 5.92 Å². The van der Waals surface area contributed by atoms with E-state index >= 15 is 0 Å². The van der Waals surface area contributed by atoms with Gasteiger partial charge < -0.3 is 5.32 Å². The zero-order valence-electron chi connectivity index (χ0n) is 9.34. The van der Waals surface area contributed by atoms with Crippen LogP contribution in [-0.4, -0.2) is 34.4 Å². The molecule has 1 atom stereocenters.